The van der Waals surface area contributed by atoms with Crippen LogP contribution in [0.4, 0.5) is 18.9 Å². The molecule has 2 aromatic rings. The molecule has 0 aromatic heterocycles. The molecule has 6 nitrogen and oxygen atoms in total. The van der Waals surface area contributed by atoms with Gasteiger partial charge in [-0.25, -0.2) is 8.42 Å². The monoisotopic (exact) mass is 468 g/mol. The Kier molecular flexibility index (Phi) is 5.93. The molecule has 1 fully saturated rings. The summed E-state index contributed by atoms with van der Waals surface area (Å²) in [6, 6.07) is 9.85. The van der Waals surface area contributed by atoms with E-state index >= 15 is 0 Å². The van der Waals surface area contributed by atoms with E-state index in [1.807, 2.05) is 4.90 Å². The van der Waals surface area contributed by atoms with Crippen molar-refractivity contribution >= 4 is 21.7 Å². The van der Waals surface area contributed by atoms with Gasteiger partial charge in [-0.1, -0.05) is 6.07 Å². The standard InChI is InChI=1S/C22H23F3N2O4S/c23-22(24,25)18-2-4-19(5-3-18)26-7-9-27(10-8-26)32(30,31)20-6-1-16-11-15(13-21(28)29)12-17(16)14-20/h1-6,14-15H,7-13H2,(H,28,29). The number of halogens is 3. The van der Waals surface area contributed by atoms with E-state index in [1.165, 1.54) is 16.4 Å². The number of aliphatic carboxylic acids is 1. The van der Waals surface area contributed by atoms with Crippen LogP contribution in [0.2, 0.25) is 0 Å². The molecule has 1 aliphatic heterocycles. The Bertz CT molecular complexity index is 1110. The number of sulfonamides is 1. The zero-order valence-electron chi connectivity index (χ0n) is 17.2. The Morgan fingerprint density at radius 2 is 1.59 bits per heavy atom. The van der Waals surface area contributed by atoms with Crippen molar-refractivity contribution in [2.75, 3.05) is 31.1 Å². The number of hydrogen-bond donors (Lipinski definition) is 1. The first kappa shape index (κ1) is 22.6. The second kappa shape index (κ2) is 8.40. The molecule has 1 atom stereocenters. The average Bonchev–Trinajstić information content (AvgIpc) is 3.14. The van der Waals surface area contributed by atoms with Crippen LogP contribution in [0.5, 0.6) is 0 Å². The lowest BCUT2D eigenvalue weighted by atomic mass is 10.0. The Balaban J connectivity index is 1.42. The molecular formula is C22H23F3N2O4S. The second-order valence-electron chi connectivity index (χ2n) is 8.24. The fourth-order valence-electron chi connectivity index (χ4n) is 4.43. The Labute approximate surface area is 184 Å². The van der Waals surface area contributed by atoms with Gasteiger partial charge in [0.25, 0.3) is 0 Å². The van der Waals surface area contributed by atoms with Crippen molar-refractivity contribution in [1.29, 1.82) is 0 Å². The van der Waals surface area contributed by atoms with Gasteiger partial charge in [0, 0.05) is 38.3 Å². The fourth-order valence-corrected chi connectivity index (χ4v) is 5.91. The molecule has 10 heteroatoms. The quantitative estimate of drug-likeness (QED) is 0.728. The lowest BCUT2D eigenvalue weighted by Crippen LogP contribution is -2.48. The molecule has 2 aliphatic rings. The predicted molar refractivity (Wildman–Crippen MR) is 112 cm³/mol. The van der Waals surface area contributed by atoms with Crippen LogP contribution < -0.4 is 4.90 Å². The van der Waals surface area contributed by atoms with E-state index in [9.17, 15) is 26.4 Å². The van der Waals surface area contributed by atoms with E-state index in [1.54, 1.807) is 18.2 Å². The number of anilines is 1. The molecule has 1 saturated heterocycles. The third-order valence-corrected chi connectivity index (χ3v) is 7.99. The Morgan fingerprint density at radius 3 is 2.19 bits per heavy atom. The number of carbonyl (C=O) groups is 1. The lowest BCUT2D eigenvalue weighted by molar-refractivity contribution is -0.138. The van der Waals surface area contributed by atoms with Gasteiger partial charge in [0.15, 0.2) is 0 Å². The van der Waals surface area contributed by atoms with Crippen molar-refractivity contribution in [2.45, 2.75) is 30.3 Å². The summed E-state index contributed by atoms with van der Waals surface area (Å²) in [6.45, 7) is 1.19. The maximum absolute atomic E-state index is 13.1. The number of piperazine rings is 1. The van der Waals surface area contributed by atoms with E-state index in [4.69, 9.17) is 5.11 Å². The van der Waals surface area contributed by atoms with E-state index in [-0.39, 0.29) is 30.3 Å². The highest BCUT2D eigenvalue weighted by Gasteiger charge is 2.32. The minimum atomic E-state index is -4.39. The number of hydrogen-bond acceptors (Lipinski definition) is 4. The molecule has 1 N–H and O–H groups in total. The number of alkyl halides is 3. The smallest absolute Gasteiger partial charge is 0.416 e. The van der Waals surface area contributed by atoms with Crippen LogP contribution in [0.25, 0.3) is 0 Å². The summed E-state index contributed by atoms with van der Waals surface area (Å²) in [5.74, 6) is -0.880. The molecule has 0 bridgehead atoms. The van der Waals surface area contributed by atoms with Crippen molar-refractivity contribution in [1.82, 2.24) is 4.31 Å². The number of fused-ring (bicyclic) bond motifs is 1. The first-order valence-electron chi connectivity index (χ1n) is 10.3. The van der Waals surface area contributed by atoms with Gasteiger partial charge < -0.3 is 10.0 Å². The number of rotatable bonds is 5. The molecule has 4 rings (SSSR count). The van der Waals surface area contributed by atoms with E-state index in [2.05, 4.69) is 0 Å². The largest absolute Gasteiger partial charge is 0.481 e. The molecule has 0 amide bonds. The summed E-state index contributed by atoms with van der Waals surface area (Å²) in [5.41, 5.74) is 1.77. The first-order valence-corrected chi connectivity index (χ1v) is 11.7. The Hall–Kier alpha value is -2.59. The van der Waals surface area contributed by atoms with Crippen molar-refractivity contribution in [3.63, 3.8) is 0 Å². The molecule has 1 heterocycles. The molecular weight excluding hydrogens is 445 g/mol. The Morgan fingerprint density at radius 1 is 0.969 bits per heavy atom. The van der Waals surface area contributed by atoms with Crippen LogP contribution in [0.15, 0.2) is 47.4 Å². The topological polar surface area (TPSA) is 77.9 Å². The van der Waals surface area contributed by atoms with Crippen LogP contribution in [0, 0.1) is 5.92 Å². The summed E-state index contributed by atoms with van der Waals surface area (Å²) < 4.78 is 65.9. The third kappa shape index (κ3) is 4.61. The maximum atomic E-state index is 13.1. The van der Waals surface area contributed by atoms with Crippen molar-refractivity contribution in [3.8, 4) is 0 Å². The third-order valence-electron chi connectivity index (χ3n) is 6.09. The molecule has 172 valence electrons. The molecule has 0 radical (unpaired) electrons. The highest BCUT2D eigenvalue weighted by atomic mass is 32.2. The van der Waals surface area contributed by atoms with Crippen LogP contribution in [-0.2, 0) is 33.8 Å². The number of carboxylic acids is 1. The van der Waals surface area contributed by atoms with Crippen molar-refractivity contribution in [2.24, 2.45) is 5.92 Å². The average molecular weight is 468 g/mol. The molecule has 1 unspecified atom stereocenters. The normalized spacial score (nSPS) is 19.7. The van der Waals surface area contributed by atoms with Gasteiger partial charge in [0.2, 0.25) is 10.0 Å². The van der Waals surface area contributed by atoms with Gasteiger partial charge in [-0.2, -0.15) is 17.5 Å². The van der Waals surface area contributed by atoms with Crippen LogP contribution in [0.3, 0.4) is 0 Å². The number of benzene rings is 2. The molecule has 1 aliphatic carbocycles. The second-order valence-corrected chi connectivity index (χ2v) is 10.2. The van der Waals surface area contributed by atoms with Gasteiger partial charge in [0.1, 0.15) is 0 Å². The molecule has 0 spiro atoms. The van der Waals surface area contributed by atoms with Crippen LogP contribution in [0.1, 0.15) is 23.1 Å². The zero-order chi connectivity index (χ0) is 23.1. The lowest BCUT2D eigenvalue weighted by Gasteiger charge is -2.35. The fraction of sp³-hybridized carbons (Fsp3) is 0.409. The van der Waals surface area contributed by atoms with Gasteiger partial charge in [-0.3, -0.25) is 4.79 Å². The van der Waals surface area contributed by atoms with E-state index < -0.39 is 27.7 Å². The van der Waals surface area contributed by atoms with Gasteiger partial charge in [-0.05, 0) is 66.3 Å². The van der Waals surface area contributed by atoms with Gasteiger partial charge >= 0.3 is 12.1 Å². The van der Waals surface area contributed by atoms with Crippen LogP contribution >= 0.6 is 0 Å². The summed E-state index contributed by atoms with van der Waals surface area (Å²) in [5, 5.41) is 9.00. The van der Waals surface area contributed by atoms with E-state index in [0.29, 0.717) is 31.6 Å². The molecule has 0 saturated carbocycles. The van der Waals surface area contributed by atoms with Gasteiger partial charge in [0.05, 0.1) is 10.5 Å². The zero-order valence-corrected chi connectivity index (χ0v) is 18.0. The predicted octanol–water partition coefficient (Wildman–Crippen LogP) is 3.41. The number of nitrogens with zero attached hydrogens (tertiary/aromatic N) is 2. The van der Waals surface area contributed by atoms with Gasteiger partial charge in [-0.15, -0.1) is 0 Å². The highest BCUT2D eigenvalue weighted by molar-refractivity contribution is 7.89. The van der Waals surface area contributed by atoms with Crippen molar-refractivity contribution < 1.29 is 31.5 Å². The molecule has 2 aromatic carbocycles. The van der Waals surface area contributed by atoms with Crippen LogP contribution in [-0.4, -0.2) is 50.0 Å². The SMILES string of the molecule is O=C(O)CC1Cc2ccc(S(=O)(=O)N3CCN(c4ccc(C(F)(F)F)cc4)CC3)cc2C1. The number of carboxylic acid groups (broad SMARTS) is 1. The summed E-state index contributed by atoms with van der Waals surface area (Å²) in [7, 11) is -3.71. The minimum absolute atomic E-state index is 0.0206. The summed E-state index contributed by atoms with van der Waals surface area (Å²) in [4.78, 5) is 13.0. The summed E-state index contributed by atoms with van der Waals surface area (Å²) in [6.07, 6.45) is -3.15. The molecule has 32 heavy (non-hydrogen) atoms. The summed E-state index contributed by atoms with van der Waals surface area (Å²) >= 11 is 0. The minimum Gasteiger partial charge on any atom is -0.481 e. The maximum Gasteiger partial charge on any atom is 0.416 e. The van der Waals surface area contributed by atoms with E-state index in [0.717, 1.165) is 23.3 Å². The highest BCUT2D eigenvalue weighted by Crippen LogP contribution is 2.33. The van der Waals surface area contributed by atoms with Crippen molar-refractivity contribution in [3.05, 3.63) is 59.2 Å². The first-order chi connectivity index (χ1) is 15.0.